The van der Waals surface area contributed by atoms with Crippen LogP contribution in [0.3, 0.4) is 0 Å². The smallest absolute Gasteiger partial charge is 0.245 e. The Hall–Kier alpha value is -2.40. The fourth-order valence-electron chi connectivity index (χ4n) is 3.03. The second kappa shape index (κ2) is 7.23. The van der Waals surface area contributed by atoms with Gasteiger partial charge in [0, 0.05) is 5.92 Å². The van der Waals surface area contributed by atoms with Crippen LogP contribution in [-0.2, 0) is 9.59 Å². The van der Waals surface area contributed by atoms with Gasteiger partial charge in [0.25, 0.3) is 0 Å². The molecule has 1 fully saturated rings. The largest absolute Gasteiger partial charge is 0.391 e. The first-order valence-corrected chi connectivity index (χ1v) is 8.74. The Morgan fingerprint density at radius 1 is 1.04 bits per heavy atom. The molecule has 0 radical (unpaired) electrons. The molecule has 5 heteroatoms. The van der Waals surface area contributed by atoms with Gasteiger partial charge in [-0.25, -0.2) is 0 Å². The number of rotatable bonds is 6. The summed E-state index contributed by atoms with van der Waals surface area (Å²) in [6, 6.07) is 12.8. The van der Waals surface area contributed by atoms with Gasteiger partial charge in [-0.1, -0.05) is 42.5 Å². The molecule has 3 unspecified atom stereocenters. The van der Waals surface area contributed by atoms with Gasteiger partial charge in [0.2, 0.25) is 11.8 Å². The van der Waals surface area contributed by atoms with E-state index < -0.39 is 12.1 Å². The summed E-state index contributed by atoms with van der Waals surface area (Å²) in [4.78, 5) is 24.6. The lowest BCUT2D eigenvalue weighted by molar-refractivity contribution is -0.132. The minimum absolute atomic E-state index is 0.00968. The standard InChI is InChI=1S/C20H24N2O3/c1-12(16-9-5-7-14-6-3-4-8-17(14)16)21-20(25)18(13(2)23)22-19(24)15-10-11-15/h3-9,12-13,15,18,23H,10-11H2,1-2H3,(H,21,25)(H,22,24). The lowest BCUT2D eigenvalue weighted by Crippen LogP contribution is -2.53. The number of carbonyl (C=O) groups is 2. The predicted octanol–water partition coefficient (Wildman–Crippen LogP) is 2.29. The van der Waals surface area contributed by atoms with E-state index in [0.717, 1.165) is 29.2 Å². The highest BCUT2D eigenvalue weighted by Crippen LogP contribution is 2.29. The van der Waals surface area contributed by atoms with Gasteiger partial charge in [-0.2, -0.15) is 0 Å². The molecule has 3 N–H and O–H groups in total. The molecule has 0 heterocycles. The van der Waals surface area contributed by atoms with E-state index in [2.05, 4.69) is 10.6 Å². The quantitative estimate of drug-likeness (QED) is 0.755. The molecule has 3 atom stereocenters. The van der Waals surface area contributed by atoms with E-state index in [1.165, 1.54) is 6.92 Å². The van der Waals surface area contributed by atoms with Crippen molar-refractivity contribution < 1.29 is 14.7 Å². The van der Waals surface area contributed by atoms with Crippen molar-refractivity contribution in [1.82, 2.24) is 10.6 Å². The topological polar surface area (TPSA) is 78.4 Å². The Labute approximate surface area is 147 Å². The van der Waals surface area contributed by atoms with Crippen LogP contribution in [0.25, 0.3) is 10.8 Å². The number of aliphatic hydroxyl groups is 1. The zero-order valence-electron chi connectivity index (χ0n) is 14.5. The van der Waals surface area contributed by atoms with Crippen LogP contribution >= 0.6 is 0 Å². The summed E-state index contributed by atoms with van der Waals surface area (Å²) < 4.78 is 0. The first-order valence-electron chi connectivity index (χ1n) is 8.74. The molecule has 1 aliphatic rings. The summed E-state index contributed by atoms with van der Waals surface area (Å²) in [6.45, 7) is 3.42. The number of hydrogen-bond donors (Lipinski definition) is 3. The van der Waals surface area contributed by atoms with Crippen LogP contribution in [0.1, 0.15) is 38.3 Å². The van der Waals surface area contributed by atoms with E-state index in [0.29, 0.717) is 0 Å². The van der Waals surface area contributed by atoms with Crippen molar-refractivity contribution in [3.63, 3.8) is 0 Å². The van der Waals surface area contributed by atoms with Crippen LogP contribution in [0.5, 0.6) is 0 Å². The molecule has 0 aliphatic heterocycles. The average Bonchev–Trinajstić information content (AvgIpc) is 3.43. The van der Waals surface area contributed by atoms with Gasteiger partial charge >= 0.3 is 0 Å². The maximum atomic E-state index is 12.6. The Morgan fingerprint density at radius 2 is 1.72 bits per heavy atom. The highest BCUT2D eigenvalue weighted by atomic mass is 16.3. The molecule has 25 heavy (non-hydrogen) atoms. The van der Waals surface area contributed by atoms with Gasteiger partial charge < -0.3 is 15.7 Å². The Morgan fingerprint density at radius 3 is 2.40 bits per heavy atom. The van der Waals surface area contributed by atoms with Gasteiger partial charge in [0.05, 0.1) is 12.1 Å². The van der Waals surface area contributed by atoms with Gasteiger partial charge in [-0.15, -0.1) is 0 Å². The molecule has 1 aliphatic carbocycles. The maximum Gasteiger partial charge on any atom is 0.245 e. The summed E-state index contributed by atoms with van der Waals surface area (Å²) in [5, 5.41) is 17.7. The SMILES string of the molecule is CC(NC(=O)C(NC(=O)C1CC1)C(C)O)c1cccc2ccccc12. The average molecular weight is 340 g/mol. The van der Waals surface area contributed by atoms with Crippen molar-refractivity contribution in [2.24, 2.45) is 5.92 Å². The lowest BCUT2D eigenvalue weighted by Gasteiger charge is -2.24. The third-order valence-corrected chi connectivity index (χ3v) is 4.66. The van der Waals surface area contributed by atoms with Gasteiger partial charge in [0.1, 0.15) is 6.04 Å². The van der Waals surface area contributed by atoms with E-state index in [1.54, 1.807) is 0 Å². The third kappa shape index (κ3) is 3.99. The van der Waals surface area contributed by atoms with Crippen LogP contribution in [0.15, 0.2) is 42.5 Å². The first kappa shape index (κ1) is 17.4. The van der Waals surface area contributed by atoms with Gasteiger partial charge in [0.15, 0.2) is 0 Å². The van der Waals surface area contributed by atoms with Crippen molar-refractivity contribution in [3.8, 4) is 0 Å². The van der Waals surface area contributed by atoms with Crippen molar-refractivity contribution in [2.45, 2.75) is 44.9 Å². The number of fused-ring (bicyclic) bond motifs is 1. The molecular weight excluding hydrogens is 316 g/mol. The van der Waals surface area contributed by atoms with Crippen molar-refractivity contribution in [1.29, 1.82) is 0 Å². The van der Waals surface area contributed by atoms with Crippen LogP contribution in [0.4, 0.5) is 0 Å². The Bertz CT molecular complexity index is 778. The minimum Gasteiger partial charge on any atom is -0.391 e. The molecule has 1 saturated carbocycles. The predicted molar refractivity (Wildman–Crippen MR) is 96.8 cm³/mol. The molecule has 5 nitrogen and oxygen atoms in total. The normalized spacial score (nSPS) is 17.6. The summed E-state index contributed by atoms with van der Waals surface area (Å²) in [7, 11) is 0. The molecule has 0 aromatic heterocycles. The number of carbonyl (C=O) groups excluding carboxylic acids is 2. The molecule has 2 aromatic carbocycles. The van der Waals surface area contributed by atoms with Gasteiger partial charge in [-0.3, -0.25) is 9.59 Å². The number of hydrogen-bond acceptors (Lipinski definition) is 3. The molecular formula is C20H24N2O3. The summed E-state index contributed by atoms with van der Waals surface area (Å²) >= 11 is 0. The van der Waals surface area contributed by atoms with E-state index in [1.807, 2.05) is 49.4 Å². The van der Waals surface area contributed by atoms with Crippen LogP contribution in [-0.4, -0.2) is 29.1 Å². The Balaban J connectivity index is 1.74. The van der Waals surface area contributed by atoms with E-state index >= 15 is 0 Å². The number of amides is 2. The number of nitrogens with one attached hydrogen (secondary N) is 2. The fourth-order valence-corrected chi connectivity index (χ4v) is 3.03. The maximum absolute atomic E-state index is 12.6. The second-order valence-electron chi connectivity index (χ2n) is 6.80. The molecule has 2 amide bonds. The second-order valence-corrected chi connectivity index (χ2v) is 6.80. The van der Waals surface area contributed by atoms with Crippen LogP contribution in [0.2, 0.25) is 0 Å². The zero-order chi connectivity index (χ0) is 18.0. The van der Waals surface area contributed by atoms with Crippen molar-refractivity contribution >= 4 is 22.6 Å². The third-order valence-electron chi connectivity index (χ3n) is 4.66. The van der Waals surface area contributed by atoms with Crippen LogP contribution in [0, 0.1) is 5.92 Å². The van der Waals surface area contributed by atoms with Crippen molar-refractivity contribution in [2.75, 3.05) is 0 Å². The molecule has 3 rings (SSSR count). The number of aliphatic hydroxyl groups excluding tert-OH is 1. The molecule has 0 saturated heterocycles. The molecule has 0 spiro atoms. The number of benzene rings is 2. The van der Waals surface area contributed by atoms with Gasteiger partial charge in [-0.05, 0) is 43.0 Å². The lowest BCUT2D eigenvalue weighted by atomic mass is 9.99. The summed E-state index contributed by atoms with van der Waals surface area (Å²) in [5.41, 5.74) is 1.00. The molecule has 0 bridgehead atoms. The highest BCUT2D eigenvalue weighted by molar-refractivity contribution is 5.91. The fraction of sp³-hybridized carbons (Fsp3) is 0.400. The summed E-state index contributed by atoms with van der Waals surface area (Å²) in [5.74, 6) is -0.534. The monoisotopic (exact) mass is 340 g/mol. The molecule has 2 aromatic rings. The van der Waals surface area contributed by atoms with E-state index in [4.69, 9.17) is 0 Å². The molecule has 132 valence electrons. The van der Waals surface area contributed by atoms with Crippen LogP contribution < -0.4 is 10.6 Å². The minimum atomic E-state index is -0.956. The highest BCUT2D eigenvalue weighted by Gasteiger charge is 2.34. The van der Waals surface area contributed by atoms with Crippen molar-refractivity contribution in [3.05, 3.63) is 48.0 Å². The van der Waals surface area contributed by atoms with E-state index in [-0.39, 0.29) is 23.8 Å². The first-order chi connectivity index (χ1) is 12.0. The van der Waals surface area contributed by atoms with E-state index in [9.17, 15) is 14.7 Å². The Kier molecular flexibility index (Phi) is 5.04. The summed E-state index contributed by atoms with van der Waals surface area (Å²) in [6.07, 6.45) is 0.751. The zero-order valence-corrected chi connectivity index (χ0v) is 14.5.